The van der Waals surface area contributed by atoms with Crippen LogP contribution in [0.1, 0.15) is 0 Å². The van der Waals surface area contributed by atoms with Gasteiger partial charge in [-0.1, -0.05) is 0 Å². The Kier molecular flexibility index (Phi) is 3.25. The summed E-state index contributed by atoms with van der Waals surface area (Å²) in [6.45, 7) is 3.35. The summed E-state index contributed by atoms with van der Waals surface area (Å²) in [6, 6.07) is 0. The van der Waals surface area contributed by atoms with E-state index >= 15 is 0 Å². The van der Waals surface area contributed by atoms with Crippen molar-refractivity contribution in [2.75, 3.05) is 13.3 Å². The molecule has 0 saturated carbocycles. The minimum atomic E-state index is -2.21. The van der Waals surface area contributed by atoms with E-state index in [0.29, 0.717) is 0 Å². The third-order valence-electron chi connectivity index (χ3n) is 0.494. The van der Waals surface area contributed by atoms with Gasteiger partial charge in [0.15, 0.2) is 0 Å². The number of hydrogen-bond acceptors (Lipinski definition) is 2. The molecule has 0 aliphatic heterocycles. The molecule has 0 N–H and O–H groups in total. The van der Waals surface area contributed by atoms with E-state index in [4.69, 9.17) is 2.86 Å². The van der Waals surface area contributed by atoms with Gasteiger partial charge >= 0.3 is 61.7 Å². The van der Waals surface area contributed by atoms with Crippen LogP contribution < -0.4 is 0 Å². The molecule has 0 atom stereocenters. The fourth-order valence-electron chi connectivity index (χ4n) is 0.660. The average molecular weight is 257 g/mol. The second-order valence-corrected chi connectivity index (χ2v) is 19.8. The molecule has 0 aromatic rings. The summed E-state index contributed by atoms with van der Waals surface area (Å²) in [6.07, 6.45) is 0. The summed E-state index contributed by atoms with van der Waals surface area (Å²) in [5.41, 5.74) is 0. The normalized spacial score (nSPS) is 13.9. The molecule has 0 aliphatic rings. The molecule has 0 amide bonds. The van der Waals surface area contributed by atoms with Gasteiger partial charge in [0.2, 0.25) is 0 Å². The molecule has 0 unspecified atom stereocenters. The molecule has 0 spiro atoms. The van der Waals surface area contributed by atoms with Crippen LogP contribution in [0, 0.1) is 0 Å². The molecule has 0 rings (SSSR count). The Labute approximate surface area is 61.9 Å². The summed E-state index contributed by atoms with van der Waals surface area (Å²) >= 11 is -2.21. The van der Waals surface area contributed by atoms with Crippen molar-refractivity contribution >= 4 is 26.2 Å². The number of hydrogen-bond donors (Lipinski definition) is 0. The van der Waals surface area contributed by atoms with Crippen LogP contribution in [0.5, 0.6) is 0 Å². The van der Waals surface area contributed by atoms with Crippen LogP contribution in [0.2, 0.25) is 14.8 Å². The fourth-order valence-corrected chi connectivity index (χ4v) is 13.3. The minimum absolute atomic E-state index is 1.68. The fraction of sp³-hybridized carbons (Fsp3) is 1.00. The second kappa shape index (κ2) is 2.93. The Balaban J connectivity index is 3.90. The second-order valence-electron chi connectivity index (χ2n) is 3.46. The van der Waals surface area contributed by atoms with Crippen molar-refractivity contribution in [1.82, 2.24) is 0 Å². The molecule has 2 nitrogen and oxygen atoms in total. The van der Waals surface area contributed by atoms with Gasteiger partial charge in [-0.2, -0.15) is 0 Å². The van der Waals surface area contributed by atoms with Gasteiger partial charge in [0.1, 0.15) is 0 Å². The van der Waals surface area contributed by atoms with Crippen molar-refractivity contribution < 1.29 is 7.43 Å². The van der Waals surface area contributed by atoms with Crippen molar-refractivity contribution in [3.63, 3.8) is 0 Å². The van der Waals surface area contributed by atoms with Crippen molar-refractivity contribution in [2.45, 2.75) is 14.8 Å². The first-order chi connectivity index (χ1) is 3.71. The first-order valence-electron chi connectivity index (χ1n) is 2.96. The Morgan fingerprint density at radius 1 is 1.22 bits per heavy atom. The summed E-state index contributed by atoms with van der Waals surface area (Å²) in [5.74, 6) is 0. The summed E-state index contributed by atoms with van der Waals surface area (Å²) in [5, 5.41) is 0. The molecule has 0 saturated heterocycles. The van der Waals surface area contributed by atoms with Crippen LogP contribution in [-0.4, -0.2) is 32.1 Å². The standard InChI is InChI=1S/C2H7O2P.3CH3.Sn/c1-5(2,3)4;;;;/h1-2H3,(H,3,4);3*1H3;/q;;;;+1/p-1. The van der Waals surface area contributed by atoms with E-state index in [1.807, 2.05) is 0 Å². The zero-order valence-electron chi connectivity index (χ0n) is 6.76. The van der Waals surface area contributed by atoms with Crippen LogP contribution in [0.3, 0.4) is 0 Å². The van der Waals surface area contributed by atoms with Crippen LogP contribution in [0.4, 0.5) is 0 Å². The molecule has 0 fully saturated rings. The maximum atomic E-state index is 11.1. The Hall–Kier alpha value is 0.989. The Bertz CT molecular complexity index is 132. The molecule has 56 valence electrons. The van der Waals surface area contributed by atoms with E-state index in [1.54, 1.807) is 13.3 Å². The molecule has 9 heavy (non-hydrogen) atoms. The monoisotopic (exact) mass is 258 g/mol. The number of rotatable bonds is 2. The zero-order valence-corrected chi connectivity index (χ0v) is 10.5. The maximum absolute atomic E-state index is 11.1. The molecule has 0 heterocycles. The van der Waals surface area contributed by atoms with E-state index in [-0.39, 0.29) is 0 Å². The van der Waals surface area contributed by atoms with E-state index in [9.17, 15) is 4.57 Å². The Morgan fingerprint density at radius 2 is 1.56 bits per heavy atom. The summed E-state index contributed by atoms with van der Waals surface area (Å²) < 4.78 is 16.5. The van der Waals surface area contributed by atoms with Gasteiger partial charge in [0.25, 0.3) is 0 Å². The topological polar surface area (TPSA) is 26.3 Å². The first-order valence-corrected chi connectivity index (χ1v) is 15.2. The third kappa shape index (κ3) is 8.99. The zero-order chi connectivity index (χ0) is 7.71. The summed E-state index contributed by atoms with van der Waals surface area (Å²) in [7, 11) is -2.19. The molecule has 4 heteroatoms. The van der Waals surface area contributed by atoms with E-state index in [0.717, 1.165) is 0 Å². The molecular formula is C5H15O2PSn. The Morgan fingerprint density at radius 3 is 1.56 bits per heavy atom. The first kappa shape index (κ1) is 9.99. The molecule has 0 aliphatic carbocycles. The molecular weight excluding hydrogens is 242 g/mol. The van der Waals surface area contributed by atoms with E-state index in [2.05, 4.69) is 14.8 Å². The molecule has 0 aromatic carbocycles. The SMILES string of the molecule is CP(C)(=O)[O][Sn]([CH3])([CH3])[CH3]. The molecule has 0 radical (unpaired) electrons. The van der Waals surface area contributed by atoms with Crippen LogP contribution in [0.15, 0.2) is 0 Å². The predicted octanol–water partition coefficient (Wildman–Crippen LogP) is 2.38. The van der Waals surface area contributed by atoms with Crippen molar-refractivity contribution in [2.24, 2.45) is 0 Å². The van der Waals surface area contributed by atoms with Gasteiger partial charge in [0.05, 0.1) is 0 Å². The molecule has 0 bridgehead atoms. The van der Waals surface area contributed by atoms with Gasteiger partial charge in [-0.15, -0.1) is 0 Å². The van der Waals surface area contributed by atoms with E-state index in [1.165, 1.54) is 0 Å². The van der Waals surface area contributed by atoms with Crippen LogP contribution in [0.25, 0.3) is 0 Å². The van der Waals surface area contributed by atoms with Gasteiger partial charge in [-0.25, -0.2) is 0 Å². The molecule has 0 aromatic heterocycles. The van der Waals surface area contributed by atoms with Gasteiger partial charge in [0, 0.05) is 0 Å². The quantitative estimate of drug-likeness (QED) is 0.560. The van der Waals surface area contributed by atoms with Crippen molar-refractivity contribution in [3.8, 4) is 0 Å². The summed E-state index contributed by atoms with van der Waals surface area (Å²) in [4.78, 5) is 6.32. The van der Waals surface area contributed by atoms with E-state index < -0.39 is 26.2 Å². The van der Waals surface area contributed by atoms with Gasteiger partial charge in [-0.05, 0) is 0 Å². The van der Waals surface area contributed by atoms with Crippen molar-refractivity contribution in [3.05, 3.63) is 0 Å². The van der Waals surface area contributed by atoms with Gasteiger partial charge in [-0.3, -0.25) is 0 Å². The third-order valence-corrected chi connectivity index (χ3v) is 9.94. The van der Waals surface area contributed by atoms with Crippen LogP contribution >= 0.6 is 7.37 Å². The average Bonchev–Trinajstić information content (AvgIpc) is 1.14. The van der Waals surface area contributed by atoms with Crippen LogP contribution in [-0.2, 0) is 7.43 Å². The van der Waals surface area contributed by atoms with Gasteiger partial charge < -0.3 is 0 Å². The predicted molar refractivity (Wildman–Crippen MR) is 43.9 cm³/mol. The van der Waals surface area contributed by atoms with Crippen molar-refractivity contribution in [1.29, 1.82) is 0 Å².